The number of rotatable bonds is 4. The molecule has 0 bridgehead atoms. The van der Waals surface area contributed by atoms with Crippen LogP contribution in [0.2, 0.25) is 0 Å². The Labute approximate surface area is 131 Å². The van der Waals surface area contributed by atoms with Gasteiger partial charge in [-0.05, 0) is 70.0 Å². The number of thiophene rings is 1. The van der Waals surface area contributed by atoms with E-state index in [-0.39, 0.29) is 11.9 Å². The van der Waals surface area contributed by atoms with E-state index < -0.39 is 0 Å². The average Bonchev–Trinajstić information content (AvgIpc) is 2.77. The lowest BCUT2D eigenvalue weighted by Crippen LogP contribution is -2.20. The van der Waals surface area contributed by atoms with Crippen LogP contribution < -0.4 is 10.6 Å². The topological polar surface area (TPSA) is 29.3 Å². The van der Waals surface area contributed by atoms with Crippen molar-refractivity contribution >= 4 is 33.0 Å². The van der Waals surface area contributed by atoms with Gasteiger partial charge in [0.15, 0.2) is 0 Å². The summed E-state index contributed by atoms with van der Waals surface area (Å²) in [5, 5.41) is 2.11. The van der Waals surface area contributed by atoms with E-state index in [0.717, 1.165) is 21.6 Å². The quantitative estimate of drug-likeness (QED) is 0.866. The minimum atomic E-state index is -0.201. The SMILES string of the molecule is Cc1cc(N(C)Cc2csc(Br)c2)c([C@H](C)N)cc1F. The molecule has 0 saturated carbocycles. The third kappa shape index (κ3) is 3.40. The molecule has 1 atom stereocenters. The van der Waals surface area contributed by atoms with E-state index in [1.807, 2.05) is 20.0 Å². The van der Waals surface area contributed by atoms with Crippen LogP contribution in [-0.2, 0) is 6.54 Å². The Morgan fingerprint density at radius 2 is 2.10 bits per heavy atom. The third-order valence-electron chi connectivity index (χ3n) is 3.25. The van der Waals surface area contributed by atoms with E-state index in [1.165, 1.54) is 5.56 Å². The fraction of sp³-hybridized carbons (Fsp3) is 0.333. The van der Waals surface area contributed by atoms with Crippen LogP contribution in [0, 0.1) is 12.7 Å². The molecule has 0 unspecified atom stereocenters. The second-order valence-electron chi connectivity index (χ2n) is 5.06. The van der Waals surface area contributed by atoms with Crippen LogP contribution >= 0.6 is 27.3 Å². The van der Waals surface area contributed by atoms with E-state index in [2.05, 4.69) is 32.3 Å². The molecule has 2 nitrogen and oxygen atoms in total. The van der Waals surface area contributed by atoms with E-state index in [4.69, 9.17) is 5.73 Å². The molecule has 0 aliphatic rings. The van der Waals surface area contributed by atoms with Crippen molar-refractivity contribution in [1.82, 2.24) is 0 Å². The zero-order valence-corrected chi connectivity index (χ0v) is 14.2. The second kappa shape index (κ2) is 6.24. The highest BCUT2D eigenvalue weighted by molar-refractivity contribution is 9.11. The maximum atomic E-state index is 13.7. The molecule has 1 aromatic carbocycles. The smallest absolute Gasteiger partial charge is 0.126 e. The van der Waals surface area contributed by atoms with Crippen LogP contribution in [0.5, 0.6) is 0 Å². The monoisotopic (exact) mass is 356 g/mol. The normalized spacial score (nSPS) is 12.5. The first-order chi connectivity index (χ1) is 9.38. The first-order valence-corrected chi connectivity index (χ1v) is 8.05. The molecule has 2 aromatic rings. The predicted octanol–water partition coefficient (Wildman–Crippen LogP) is 4.61. The van der Waals surface area contributed by atoms with Crippen LogP contribution in [0.4, 0.5) is 10.1 Å². The molecule has 0 fully saturated rings. The summed E-state index contributed by atoms with van der Waals surface area (Å²) in [6.45, 7) is 4.42. The van der Waals surface area contributed by atoms with E-state index in [9.17, 15) is 4.39 Å². The highest BCUT2D eigenvalue weighted by atomic mass is 79.9. The van der Waals surface area contributed by atoms with Crippen molar-refractivity contribution in [3.8, 4) is 0 Å². The molecule has 5 heteroatoms. The van der Waals surface area contributed by atoms with E-state index in [0.29, 0.717) is 5.56 Å². The number of benzene rings is 1. The zero-order chi connectivity index (χ0) is 14.9. The molecular weight excluding hydrogens is 339 g/mol. The van der Waals surface area contributed by atoms with Crippen molar-refractivity contribution in [2.45, 2.75) is 26.4 Å². The maximum absolute atomic E-state index is 13.7. The van der Waals surface area contributed by atoms with Crippen LogP contribution in [0.25, 0.3) is 0 Å². The Hall–Kier alpha value is -0.910. The van der Waals surface area contributed by atoms with Crippen LogP contribution in [-0.4, -0.2) is 7.05 Å². The van der Waals surface area contributed by atoms with Gasteiger partial charge in [0.1, 0.15) is 5.82 Å². The molecule has 0 spiro atoms. The standard InChI is InChI=1S/C15H18BrFN2S/c1-9-4-14(12(10(2)18)6-13(9)17)19(3)7-11-5-15(16)20-8-11/h4-6,8,10H,7,18H2,1-3H3/t10-/m0/s1. The third-order valence-corrected chi connectivity index (χ3v) is 4.80. The summed E-state index contributed by atoms with van der Waals surface area (Å²) >= 11 is 5.13. The van der Waals surface area contributed by atoms with E-state index >= 15 is 0 Å². The molecule has 20 heavy (non-hydrogen) atoms. The summed E-state index contributed by atoms with van der Waals surface area (Å²) in [5.74, 6) is -0.201. The summed E-state index contributed by atoms with van der Waals surface area (Å²) < 4.78 is 14.8. The summed E-state index contributed by atoms with van der Waals surface area (Å²) in [6.07, 6.45) is 0. The molecule has 0 saturated heterocycles. The highest BCUT2D eigenvalue weighted by Crippen LogP contribution is 2.30. The number of hydrogen-bond donors (Lipinski definition) is 1. The number of aryl methyl sites for hydroxylation is 1. The molecule has 1 heterocycles. The number of hydrogen-bond acceptors (Lipinski definition) is 3. The summed E-state index contributed by atoms with van der Waals surface area (Å²) in [7, 11) is 2.00. The average molecular weight is 357 g/mol. The fourth-order valence-corrected chi connectivity index (χ4v) is 3.37. The largest absolute Gasteiger partial charge is 0.370 e. The van der Waals surface area contributed by atoms with Crippen LogP contribution in [0.3, 0.4) is 0 Å². The minimum absolute atomic E-state index is 0.197. The van der Waals surface area contributed by atoms with Gasteiger partial charge in [-0.25, -0.2) is 4.39 Å². The Bertz CT molecular complexity index is 610. The van der Waals surface area contributed by atoms with Gasteiger partial charge < -0.3 is 10.6 Å². The van der Waals surface area contributed by atoms with Gasteiger partial charge in [0.25, 0.3) is 0 Å². The van der Waals surface area contributed by atoms with Gasteiger partial charge in [0.2, 0.25) is 0 Å². The van der Waals surface area contributed by atoms with Gasteiger partial charge >= 0.3 is 0 Å². The van der Waals surface area contributed by atoms with Crippen molar-refractivity contribution in [2.75, 3.05) is 11.9 Å². The van der Waals surface area contributed by atoms with Crippen molar-refractivity contribution in [2.24, 2.45) is 5.73 Å². The van der Waals surface area contributed by atoms with E-state index in [1.54, 1.807) is 24.3 Å². The minimum Gasteiger partial charge on any atom is -0.370 e. The summed E-state index contributed by atoms with van der Waals surface area (Å²) in [6, 6.07) is 5.32. The van der Waals surface area contributed by atoms with Gasteiger partial charge in [0.05, 0.1) is 3.79 Å². The van der Waals surface area contributed by atoms with Crippen LogP contribution in [0.15, 0.2) is 27.4 Å². The van der Waals surface area contributed by atoms with Gasteiger partial charge in [-0.15, -0.1) is 11.3 Å². The number of halogens is 2. The lowest BCUT2D eigenvalue weighted by Gasteiger charge is -2.24. The predicted molar refractivity (Wildman–Crippen MR) is 87.9 cm³/mol. The van der Waals surface area contributed by atoms with Gasteiger partial charge in [-0.1, -0.05) is 0 Å². The summed E-state index contributed by atoms with van der Waals surface area (Å²) in [4.78, 5) is 2.11. The molecule has 0 aliphatic carbocycles. The first kappa shape index (κ1) is 15.5. The van der Waals surface area contributed by atoms with Gasteiger partial charge in [-0.2, -0.15) is 0 Å². The van der Waals surface area contributed by atoms with Crippen molar-refractivity contribution in [1.29, 1.82) is 0 Å². The highest BCUT2D eigenvalue weighted by Gasteiger charge is 2.14. The van der Waals surface area contributed by atoms with Crippen molar-refractivity contribution in [3.63, 3.8) is 0 Å². The number of anilines is 1. The van der Waals surface area contributed by atoms with Gasteiger partial charge in [-0.3, -0.25) is 0 Å². The van der Waals surface area contributed by atoms with Crippen LogP contribution in [0.1, 0.15) is 29.7 Å². The number of nitrogens with two attached hydrogens (primary N) is 1. The first-order valence-electron chi connectivity index (χ1n) is 6.38. The molecule has 2 rings (SSSR count). The lowest BCUT2D eigenvalue weighted by atomic mass is 10.0. The molecule has 2 N–H and O–H groups in total. The van der Waals surface area contributed by atoms with Gasteiger partial charge in [0, 0.05) is 25.3 Å². The fourth-order valence-electron chi connectivity index (χ4n) is 2.16. The zero-order valence-electron chi connectivity index (χ0n) is 11.8. The molecule has 0 aliphatic heterocycles. The maximum Gasteiger partial charge on any atom is 0.126 e. The molecule has 108 valence electrons. The number of nitrogens with zero attached hydrogens (tertiary/aromatic N) is 1. The van der Waals surface area contributed by atoms with Crippen molar-refractivity contribution < 1.29 is 4.39 Å². The Morgan fingerprint density at radius 1 is 1.40 bits per heavy atom. The second-order valence-corrected chi connectivity index (χ2v) is 7.35. The Kier molecular flexibility index (Phi) is 4.83. The summed E-state index contributed by atoms with van der Waals surface area (Å²) in [5.41, 5.74) is 9.66. The lowest BCUT2D eigenvalue weighted by molar-refractivity contribution is 0.612. The molecule has 0 amide bonds. The Balaban J connectivity index is 2.33. The molecular formula is C15H18BrFN2S. The molecule has 0 radical (unpaired) electrons. The van der Waals surface area contributed by atoms with Crippen molar-refractivity contribution in [3.05, 3.63) is 49.9 Å². The Morgan fingerprint density at radius 3 is 2.65 bits per heavy atom. The molecule has 1 aromatic heterocycles.